The van der Waals surface area contributed by atoms with Crippen molar-refractivity contribution in [3.05, 3.63) is 30.3 Å². The first-order valence-electron chi connectivity index (χ1n) is 5.54. The van der Waals surface area contributed by atoms with Gasteiger partial charge in [0.1, 0.15) is 0 Å². The summed E-state index contributed by atoms with van der Waals surface area (Å²) in [6.07, 6.45) is 0.987. The van der Waals surface area contributed by atoms with Crippen molar-refractivity contribution >= 4 is 29.9 Å². The number of benzene rings is 1. The summed E-state index contributed by atoms with van der Waals surface area (Å²) in [6, 6.07) is 9.09. The number of anilines is 1. The van der Waals surface area contributed by atoms with E-state index in [1.165, 1.54) is 0 Å². The molecule has 100 valence electrons. The Morgan fingerprint density at radius 3 is 2.39 bits per heavy atom. The number of nitrogens with one attached hydrogen (secondary N) is 2. The fourth-order valence-electron chi connectivity index (χ4n) is 1.26. The summed E-state index contributed by atoms with van der Waals surface area (Å²) >= 11 is 0. The summed E-state index contributed by atoms with van der Waals surface area (Å²) in [5.41, 5.74) is 5.99. The van der Waals surface area contributed by atoms with Crippen LogP contribution in [0.25, 0.3) is 0 Å². The maximum absolute atomic E-state index is 11.4. The predicted octanol–water partition coefficient (Wildman–Crippen LogP) is 0.902. The van der Waals surface area contributed by atoms with Crippen LogP contribution in [0.4, 0.5) is 5.69 Å². The summed E-state index contributed by atoms with van der Waals surface area (Å²) in [4.78, 5) is 22.7. The average molecular weight is 272 g/mol. The molecular weight excluding hydrogens is 254 g/mol. The molecule has 0 saturated carbocycles. The van der Waals surface area contributed by atoms with Crippen molar-refractivity contribution in [3.8, 4) is 0 Å². The fourth-order valence-corrected chi connectivity index (χ4v) is 1.26. The van der Waals surface area contributed by atoms with Gasteiger partial charge >= 0.3 is 0 Å². The Hall–Kier alpha value is -1.59. The van der Waals surface area contributed by atoms with Crippen molar-refractivity contribution in [2.45, 2.75) is 12.8 Å². The molecule has 0 aromatic heterocycles. The van der Waals surface area contributed by atoms with Crippen LogP contribution in [0.15, 0.2) is 30.3 Å². The first-order valence-corrected chi connectivity index (χ1v) is 5.54. The Morgan fingerprint density at radius 2 is 1.78 bits per heavy atom. The second-order valence-corrected chi connectivity index (χ2v) is 3.58. The lowest BCUT2D eigenvalue weighted by Crippen LogP contribution is -2.32. The van der Waals surface area contributed by atoms with Crippen LogP contribution < -0.4 is 16.4 Å². The van der Waals surface area contributed by atoms with E-state index < -0.39 is 0 Å². The van der Waals surface area contributed by atoms with E-state index in [1.807, 2.05) is 18.2 Å². The molecule has 4 N–H and O–H groups in total. The molecule has 0 aliphatic heterocycles. The Labute approximate surface area is 113 Å². The van der Waals surface area contributed by atoms with Crippen LogP contribution in [-0.2, 0) is 9.59 Å². The van der Waals surface area contributed by atoms with Gasteiger partial charge in [-0.2, -0.15) is 0 Å². The zero-order valence-electron chi connectivity index (χ0n) is 10.0. The SMILES string of the molecule is Cl.NCCCC(=O)NCC(=O)Nc1ccccc1. The molecule has 0 saturated heterocycles. The average Bonchev–Trinajstić information content (AvgIpc) is 2.35. The molecule has 0 atom stereocenters. The Morgan fingerprint density at radius 1 is 1.11 bits per heavy atom. The van der Waals surface area contributed by atoms with Gasteiger partial charge in [0.05, 0.1) is 6.54 Å². The highest BCUT2D eigenvalue weighted by Gasteiger charge is 2.04. The molecule has 0 bridgehead atoms. The van der Waals surface area contributed by atoms with E-state index >= 15 is 0 Å². The molecule has 0 heterocycles. The second-order valence-electron chi connectivity index (χ2n) is 3.58. The topological polar surface area (TPSA) is 84.2 Å². The van der Waals surface area contributed by atoms with Crippen LogP contribution in [-0.4, -0.2) is 24.9 Å². The lowest BCUT2D eigenvalue weighted by atomic mass is 10.3. The Bertz CT molecular complexity index is 371. The molecule has 2 amide bonds. The van der Waals surface area contributed by atoms with Crippen LogP contribution in [0.1, 0.15) is 12.8 Å². The van der Waals surface area contributed by atoms with Crippen molar-refractivity contribution in [2.75, 3.05) is 18.4 Å². The number of rotatable bonds is 6. The third-order valence-corrected chi connectivity index (χ3v) is 2.11. The number of para-hydroxylation sites is 1. The smallest absolute Gasteiger partial charge is 0.243 e. The molecule has 18 heavy (non-hydrogen) atoms. The first kappa shape index (κ1) is 16.4. The molecule has 0 aliphatic carbocycles. The summed E-state index contributed by atoms with van der Waals surface area (Å²) < 4.78 is 0. The minimum absolute atomic E-state index is 0. The molecular formula is C12H18ClN3O2. The van der Waals surface area contributed by atoms with Gasteiger partial charge in [-0.15, -0.1) is 12.4 Å². The van der Waals surface area contributed by atoms with Gasteiger partial charge in [-0.1, -0.05) is 18.2 Å². The van der Waals surface area contributed by atoms with E-state index in [0.29, 0.717) is 25.1 Å². The number of carbonyl (C=O) groups is 2. The maximum atomic E-state index is 11.4. The zero-order valence-corrected chi connectivity index (χ0v) is 10.8. The largest absolute Gasteiger partial charge is 0.347 e. The molecule has 5 nitrogen and oxygen atoms in total. The predicted molar refractivity (Wildman–Crippen MR) is 73.6 cm³/mol. The van der Waals surface area contributed by atoms with Gasteiger partial charge < -0.3 is 16.4 Å². The summed E-state index contributed by atoms with van der Waals surface area (Å²) in [5, 5.41) is 5.21. The minimum atomic E-state index is -0.239. The highest BCUT2D eigenvalue weighted by atomic mass is 35.5. The van der Waals surface area contributed by atoms with Gasteiger partial charge in [-0.25, -0.2) is 0 Å². The molecule has 6 heteroatoms. The molecule has 0 aliphatic rings. The molecule has 0 spiro atoms. The van der Waals surface area contributed by atoms with Gasteiger partial charge in [0.15, 0.2) is 0 Å². The first-order chi connectivity index (χ1) is 8.22. The maximum Gasteiger partial charge on any atom is 0.243 e. The molecule has 0 unspecified atom stereocenters. The highest BCUT2D eigenvalue weighted by Crippen LogP contribution is 2.03. The second kappa shape index (κ2) is 9.44. The number of hydrogen-bond acceptors (Lipinski definition) is 3. The van der Waals surface area contributed by atoms with Crippen molar-refractivity contribution in [1.82, 2.24) is 5.32 Å². The molecule has 0 radical (unpaired) electrons. The van der Waals surface area contributed by atoms with Crippen LogP contribution in [0.5, 0.6) is 0 Å². The highest BCUT2D eigenvalue weighted by molar-refractivity contribution is 5.94. The molecule has 1 aromatic rings. The van der Waals surface area contributed by atoms with Gasteiger partial charge in [0, 0.05) is 12.1 Å². The van der Waals surface area contributed by atoms with Crippen molar-refractivity contribution in [3.63, 3.8) is 0 Å². The van der Waals surface area contributed by atoms with Crippen LogP contribution in [0, 0.1) is 0 Å². The monoisotopic (exact) mass is 271 g/mol. The van der Waals surface area contributed by atoms with Crippen LogP contribution in [0.2, 0.25) is 0 Å². The summed E-state index contributed by atoms with van der Waals surface area (Å²) in [5.74, 6) is -0.393. The molecule has 1 aromatic carbocycles. The Balaban J connectivity index is 0.00000289. The summed E-state index contributed by atoms with van der Waals surface area (Å²) in [6.45, 7) is 0.460. The number of carbonyl (C=O) groups excluding carboxylic acids is 2. The molecule has 1 rings (SSSR count). The lowest BCUT2D eigenvalue weighted by molar-refractivity contribution is -0.124. The standard InChI is InChI=1S/C12H17N3O2.ClH/c13-8-4-7-11(16)14-9-12(17)15-10-5-2-1-3-6-10;/h1-3,5-6H,4,7-9,13H2,(H,14,16)(H,15,17);1H. The normalized spacial score (nSPS) is 9.17. The van der Waals surface area contributed by atoms with Gasteiger partial charge in [-0.05, 0) is 25.1 Å². The number of hydrogen-bond donors (Lipinski definition) is 3. The third-order valence-electron chi connectivity index (χ3n) is 2.11. The van der Waals surface area contributed by atoms with Crippen LogP contribution in [0.3, 0.4) is 0 Å². The van der Waals surface area contributed by atoms with E-state index in [1.54, 1.807) is 12.1 Å². The number of nitrogens with two attached hydrogens (primary N) is 1. The van der Waals surface area contributed by atoms with Crippen molar-refractivity contribution in [2.24, 2.45) is 5.73 Å². The van der Waals surface area contributed by atoms with E-state index in [9.17, 15) is 9.59 Å². The minimum Gasteiger partial charge on any atom is -0.347 e. The molecule has 0 fully saturated rings. The number of amides is 2. The number of halogens is 1. The van der Waals surface area contributed by atoms with E-state index in [4.69, 9.17) is 5.73 Å². The van der Waals surface area contributed by atoms with E-state index in [0.717, 1.165) is 0 Å². The summed E-state index contributed by atoms with van der Waals surface area (Å²) in [7, 11) is 0. The van der Waals surface area contributed by atoms with Gasteiger partial charge in [0.25, 0.3) is 0 Å². The van der Waals surface area contributed by atoms with Crippen molar-refractivity contribution in [1.29, 1.82) is 0 Å². The van der Waals surface area contributed by atoms with E-state index in [-0.39, 0.29) is 30.8 Å². The third kappa shape index (κ3) is 6.88. The van der Waals surface area contributed by atoms with Crippen LogP contribution >= 0.6 is 12.4 Å². The quantitative estimate of drug-likeness (QED) is 0.719. The lowest BCUT2D eigenvalue weighted by Gasteiger charge is -2.06. The Kier molecular flexibility index (Phi) is 8.61. The zero-order chi connectivity index (χ0) is 12.5. The van der Waals surface area contributed by atoms with Crippen molar-refractivity contribution < 1.29 is 9.59 Å². The van der Waals surface area contributed by atoms with E-state index in [2.05, 4.69) is 10.6 Å². The van der Waals surface area contributed by atoms with Gasteiger partial charge in [0.2, 0.25) is 11.8 Å². The fraction of sp³-hybridized carbons (Fsp3) is 0.333. The van der Waals surface area contributed by atoms with Gasteiger partial charge in [-0.3, -0.25) is 9.59 Å².